The highest BCUT2D eigenvalue weighted by molar-refractivity contribution is 5.92. The maximum atomic E-state index is 12.8. The molecule has 0 bridgehead atoms. The Hall–Kier alpha value is -1.44. The van der Waals surface area contributed by atoms with Crippen LogP contribution < -0.4 is 0 Å². The number of hydrogen-bond acceptors (Lipinski definition) is 6. The summed E-state index contributed by atoms with van der Waals surface area (Å²) in [4.78, 5) is 16.8. The van der Waals surface area contributed by atoms with Gasteiger partial charge < -0.3 is 19.3 Å². The quantitative estimate of drug-likeness (QED) is 0.842. The predicted octanol–water partition coefficient (Wildman–Crippen LogP) is 1.27. The van der Waals surface area contributed by atoms with Crippen molar-refractivity contribution in [1.29, 1.82) is 0 Å². The standard InChI is InChI=1S/C17H27N3O4/c21-9-6-20(14-4-2-1-3-5-14)17(22)16-12-15(24-18-16)13-19-7-10-23-11-8-19/h12,14,21H,1-11,13H2. The van der Waals surface area contributed by atoms with E-state index >= 15 is 0 Å². The summed E-state index contributed by atoms with van der Waals surface area (Å²) in [6.07, 6.45) is 5.52. The first kappa shape index (κ1) is 17.4. The van der Waals surface area contributed by atoms with Gasteiger partial charge >= 0.3 is 0 Å². The molecule has 2 fully saturated rings. The molecule has 1 aromatic rings. The maximum Gasteiger partial charge on any atom is 0.276 e. The Morgan fingerprint density at radius 2 is 2.04 bits per heavy atom. The van der Waals surface area contributed by atoms with E-state index in [1.165, 1.54) is 6.42 Å². The number of ether oxygens (including phenoxy) is 1. The third-order valence-corrected chi connectivity index (χ3v) is 4.88. The largest absolute Gasteiger partial charge is 0.395 e. The van der Waals surface area contributed by atoms with E-state index in [1.807, 2.05) is 0 Å². The Labute approximate surface area is 142 Å². The van der Waals surface area contributed by atoms with Gasteiger partial charge in [-0.05, 0) is 12.8 Å². The number of nitrogens with zero attached hydrogens (tertiary/aromatic N) is 3. The number of aliphatic hydroxyl groups excluding tert-OH is 1. The van der Waals surface area contributed by atoms with Crippen molar-refractivity contribution in [1.82, 2.24) is 15.0 Å². The summed E-state index contributed by atoms with van der Waals surface area (Å²) in [5, 5.41) is 13.3. The first-order valence-electron chi connectivity index (χ1n) is 8.95. The van der Waals surface area contributed by atoms with Gasteiger partial charge in [-0.1, -0.05) is 24.4 Å². The number of carbonyl (C=O) groups is 1. The summed E-state index contributed by atoms with van der Waals surface area (Å²) >= 11 is 0. The molecule has 3 rings (SSSR count). The van der Waals surface area contributed by atoms with Gasteiger partial charge in [-0.15, -0.1) is 0 Å². The van der Waals surface area contributed by atoms with Crippen LogP contribution in [0.15, 0.2) is 10.6 Å². The van der Waals surface area contributed by atoms with Gasteiger partial charge in [-0.2, -0.15) is 0 Å². The summed E-state index contributed by atoms with van der Waals surface area (Å²) in [5.74, 6) is 0.570. The third kappa shape index (κ3) is 4.34. The molecule has 1 aliphatic carbocycles. The molecule has 1 saturated heterocycles. The van der Waals surface area contributed by atoms with Crippen LogP contribution in [0, 0.1) is 0 Å². The molecule has 1 N–H and O–H groups in total. The van der Waals surface area contributed by atoms with Crippen molar-refractivity contribution in [3.05, 3.63) is 17.5 Å². The third-order valence-electron chi connectivity index (χ3n) is 4.88. The van der Waals surface area contributed by atoms with Gasteiger partial charge in [0.15, 0.2) is 11.5 Å². The lowest BCUT2D eigenvalue weighted by Gasteiger charge is -2.33. The highest BCUT2D eigenvalue weighted by Crippen LogP contribution is 2.24. The molecular formula is C17H27N3O4. The van der Waals surface area contributed by atoms with E-state index in [1.54, 1.807) is 11.0 Å². The first-order chi connectivity index (χ1) is 11.8. The summed E-state index contributed by atoms with van der Waals surface area (Å²) in [6.45, 7) is 4.16. The lowest BCUT2D eigenvalue weighted by molar-refractivity contribution is 0.0305. The fraction of sp³-hybridized carbons (Fsp3) is 0.765. The van der Waals surface area contributed by atoms with Crippen LogP contribution in [-0.4, -0.2) is 71.5 Å². The maximum absolute atomic E-state index is 12.8. The molecule has 1 aromatic heterocycles. The Morgan fingerprint density at radius 1 is 1.29 bits per heavy atom. The van der Waals surface area contributed by atoms with Gasteiger partial charge in [0.25, 0.3) is 5.91 Å². The molecule has 0 unspecified atom stereocenters. The first-order valence-corrected chi connectivity index (χ1v) is 8.95. The van der Waals surface area contributed by atoms with Crippen molar-refractivity contribution in [3.63, 3.8) is 0 Å². The normalized spacial score (nSPS) is 20.2. The topological polar surface area (TPSA) is 79.0 Å². The second-order valence-electron chi connectivity index (χ2n) is 6.58. The minimum absolute atomic E-state index is 0.0271. The second kappa shape index (κ2) is 8.60. The number of aromatic nitrogens is 1. The van der Waals surface area contributed by atoms with E-state index in [0.717, 1.165) is 52.0 Å². The minimum Gasteiger partial charge on any atom is -0.395 e. The SMILES string of the molecule is O=C(c1cc(CN2CCOCC2)on1)N(CCO)C1CCCCC1. The zero-order chi connectivity index (χ0) is 16.8. The molecule has 134 valence electrons. The van der Waals surface area contributed by atoms with Gasteiger partial charge in [-0.25, -0.2) is 0 Å². The lowest BCUT2D eigenvalue weighted by Crippen LogP contribution is -2.43. The average Bonchev–Trinajstić information content (AvgIpc) is 3.09. The van der Waals surface area contributed by atoms with E-state index in [4.69, 9.17) is 9.26 Å². The molecule has 0 spiro atoms. The van der Waals surface area contributed by atoms with Gasteiger partial charge in [0.1, 0.15) is 0 Å². The molecule has 0 aromatic carbocycles. The molecule has 0 radical (unpaired) electrons. The van der Waals surface area contributed by atoms with E-state index in [2.05, 4.69) is 10.1 Å². The lowest BCUT2D eigenvalue weighted by atomic mass is 9.94. The van der Waals surface area contributed by atoms with Gasteiger partial charge in [0.05, 0.1) is 26.4 Å². The van der Waals surface area contributed by atoms with E-state index in [0.29, 0.717) is 24.5 Å². The second-order valence-corrected chi connectivity index (χ2v) is 6.58. The van der Waals surface area contributed by atoms with Gasteiger partial charge in [-0.3, -0.25) is 9.69 Å². The highest BCUT2D eigenvalue weighted by Gasteiger charge is 2.28. The smallest absolute Gasteiger partial charge is 0.276 e. The van der Waals surface area contributed by atoms with Crippen LogP contribution in [0.2, 0.25) is 0 Å². The van der Waals surface area contributed by atoms with Crippen LogP contribution >= 0.6 is 0 Å². The molecular weight excluding hydrogens is 310 g/mol. The molecule has 24 heavy (non-hydrogen) atoms. The number of amides is 1. The highest BCUT2D eigenvalue weighted by atomic mass is 16.5. The summed E-state index contributed by atoms with van der Waals surface area (Å²) in [7, 11) is 0. The van der Waals surface area contributed by atoms with E-state index in [-0.39, 0.29) is 18.6 Å². The summed E-state index contributed by atoms with van der Waals surface area (Å²) in [6, 6.07) is 1.95. The van der Waals surface area contributed by atoms with Crippen molar-refractivity contribution < 1.29 is 19.2 Å². The zero-order valence-corrected chi connectivity index (χ0v) is 14.2. The fourth-order valence-corrected chi connectivity index (χ4v) is 3.57. The molecule has 0 atom stereocenters. The number of carbonyl (C=O) groups excluding carboxylic acids is 1. The van der Waals surface area contributed by atoms with E-state index < -0.39 is 0 Å². The molecule has 2 heterocycles. The van der Waals surface area contributed by atoms with Crippen LogP contribution in [0.1, 0.15) is 48.4 Å². The van der Waals surface area contributed by atoms with Crippen LogP contribution in [0.4, 0.5) is 0 Å². The van der Waals surface area contributed by atoms with Crippen LogP contribution in [0.25, 0.3) is 0 Å². The minimum atomic E-state index is -0.132. The summed E-state index contributed by atoms with van der Waals surface area (Å²) in [5.41, 5.74) is 0.345. The van der Waals surface area contributed by atoms with Gasteiger partial charge in [0, 0.05) is 31.7 Å². The molecule has 1 amide bonds. The zero-order valence-electron chi connectivity index (χ0n) is 14.2. The number of rotatable bonds is 6. The fourth-order valence-electron chi connectivity index (χ4n) is 3.57. The monoisotopic (exact) mass is 337 g/mol. The average molecular weight is 337 g/mol. The molecule has 7 nitrogen and oxygen atoms in total. The Balaban J connectivity index is 1.63. The molecule has 7 heteroatoms. The number of hydrogen-bond donors (Lipinski definition) is 1. The van der Waals surface area contributed by atoms with Crippen LogP contribution in [-0.2, 0) is 11.3 Å². The Morgan fingerprint density at radius 3 is 2.75 bits per heavy atom. The number of aliphatic hydroxyl groups is 1. The van der Waals surface area contributed by atoms with Crippen LogP contribution in [0.5, 0.6) is 0 Å². The van der Waals surface area contributed by atoms with E-state index in [9.17, 15) is 9.90 Å². The van der Waals surface area contributed by atoms with Crippen molar-refractivity contribution in [2.24, 2.45) is 0 Å². The van der Waals surface area contributed by atoms with Crippen molar-refractivity contribution in [2.45, 2.75) is 44.7 Å². The van der Waals surface area contributed by atoms with Crippen molar-refractivity contribution >= 4 is 5.91 Å². The predicted molar refractivity (Wildman–Crippen MR) is 87.6 cm³/mol. The summed E-state index contributed by atoms with van der Waals surface area (Å²) < 4.78 is 10.7. The Kier molecular flexibility index (Phi) is 6.23. The van der Waals surface area contributed by atoms with Crippen molar-refractivity contribution in [3.8, 4) is 0 Å². The van der Waals surface area contributed by atoms with Crippen LogP contribution in [0.3, 0.4) is 0 Å². The van der Waals surface area contributed by atoms with Crippen molar-refractivity contribution in [2.75, 3.05) is 39.5 Å². The molecule has 1 saturated carbocycles. The Bertz CT molecular complexity index is 522. The van der Waals surface area contributed by atoms with Gasteiger partial charge in [0.2, 0.25) is 0 Å². The number of morpholine rings is 1. The molecule has 1 aliphatic heterocycles. The molecule has 2 aliphatic rings.